The standard InChI is InChI=1S/C27H33FN2O4/c1-18(2)34-23-14-11-20(15-24(23)33-3)26-27(32)29(22-7-5-4-6-8-22)17-25(31)30(26)16-19-9-12-21(28)13-10-19/h9-15,18,22,26H,4-8,16-17H2,1-3H3/t26-/m0/s1. The van der Waals surface area contributed by atoms with Crippen LogP contribution in [-0.2, 0) is 16.1 Å². The number of hydrogen-bond acceptors (Lipinski definition) is 4. The molecule has 182 valence electrons. The van der Waals surface area contributed by atoms with E-state index in [1.807, 2.05) is 19.9 Å². The van der Waals surface area contributed by atoms with Crippen molar-refractivity contribution in [1.29, 1.82) is 0 Å². The van der Waals surface area contributed by atoms with Gasteiger partial charge in [-0.3, -0.25) is 9.59 Å². The van der Waals surface area contributed by atoms with E-state index in [2.05, 4.69) is 0 Å². The summed E-state index contributed by atoms with van der Waals surface area (Å²) in [5, 5.41) is 0. The van der Waals surface area contributed by atoms with Gasteiger partial charge in [0, 0.05) is 12.6 Å². The fourth-order valence-corrected chi connectivity index (χ4v) is 4.94. The number of carbonyl (C=O) groups excluding carboxylic acids is 2. The Labute approximate surface area is 200 Å². The van der Waals surface area contributed by atoms with Gasteiger partial charge in [0.1, 0.15) is 18.4 Å². The van der Waals surface area contributed by atoms with E-state index in [0.29, 0.717) is 17.1 Å². The Kier molecular flexibility index (Phi) is 7.39. The number of nitrogens with zero attached hydrogens (tertiary/aromatic N) is 2. The minimum absolute atomic E-state index is 0.0330. The van der Waals surface area contributed by atoms with Crippen LogP contribution in [0.15, 0.2) is 42.5 Å². The van der Waals surface area contributed by atoms with Crippen molar-refractivity contribution in [2.24, 2.45) is 0 Å². The third kappa shape index (κ3) is 5.18. The fourth-order valence-electron chi connectivity index (χ4n) is 4.94. The van der Waals surface area contributed by atoms with Crippen LogP contribution in [0.1, 0.15) is 63.1 Å². The molecule has 0 spiro atoms. The molecule has 1 saturated carbocycles. The van der Waals surface area contributed by atoms with Gasteiger partial charge in [-0.15, -0.1) is 0 Å². The Hall–Kier alpha value is -3.09. The molecule has 1 heterocycles. The average molecular weight is 469 g/mol. The lowest BCUT2D eigenvalue weighted by Crippen LogP contribution is -2.58. The van der Waals surface area contributed by atoms with Gasteiger partial charge in [-0.2, -0.15) is 0 Å². The molecule has 0 N–H and O–H groups in total. The molecule has 0 unspecified atom stereocenters. The molecule has 2 aromatic rings. The van der Waals surface area contributed by atoms with Gasteiger partial charge in [-0.25, -0.2) is 4.39 Å². The Morgan fingerprint density at radius 3 is 2.35 bits per heavy atom. The molecule has 1 aliphatic carbocycles. The van der Waals surface area contributed by atoms with Crippen LogP contribution >= 0.6 is 0 Å². The van der Waals surface area contributed by atoms with Crippen LogP contribution in [0, 0.1) is 5.82 Å². The lowest BCUT2D eigenvalue weighted by Gasteiger charge is -2.44. The third-order valence-corrected chi connectivity index (χ3v) is 6.60. The summed E-state index contributed by atoms with van der Waals surface area (Å²) in [6.07, 6.45) is 5.13. The molecule has 2 aliphatic rings. The van der Waals surface area contributed by atoms with E-state index in [-0.39, 0.29) is 42.9 Å². The van der Waals surface area contributed by atoms with Crippen LogP contribution in [0.5, 0.6) is 11.5 Å². The lowest BCUT2D eigenvalue weighted by atomic mass is 9.91. The molecule has 34 heavy (non-hydrogen) atoms. The summed E-state index contributed by atoms with van der Waals surface area (Å²) in [4.78, 5) is 30.7. The fraction of sp³-hybridized carbons (Fsp3) is 0.481. The number of hydrogen-bond donors (Lipinski definition) is 0. The topological polar surface area (TPSA) is 59.1 Å². The van der Waals surface area contributed by atoms with Crippen molar-refractivity contribution in [3.63, 3.8) is 0 Å². The maximum atomic E-state index is 13.9. The van der Waals surface area contributed by atoms with E-state index < -0.39 is 6.04 Å². The predicted octanol–water partition coefficient (Wildman–Crippen LogP) is 4.87. The normalized spacial score (nSPS) is 19.6. The van der Waals surface area contributed by atoms with Gasteiger partial charge in [0.05, 0.1) is 13.2 Å². The van der Waals surface area contributed by atoms with Gasteiger partial charge in [-0.1, -0.05) is 37.5 Å². The van der Waals surface area contributed by atoms with Gasteiger partial charge >= 0.3 is 0 Å². The molecular weight excluding hydrogens is 435 g/mol. The van der Waals surface area contributed by atoms with Crippen LogP contribution < -0.4 is 9.47 Å². The van der Waals surface area contributed by atoms with Crippen molar-refractivity contribution in [2.45, 2.75) is 70.7 Å². The number of methoxy groups -OCH3 is 1. The van der Waals surface area contributed by atoms with Crippen molar-refractivity contribution in [1.82, 2.24) is 9.80 Å². The molecule has 6 nitrogen and oxygen atoms in total. The highest BCUT2D eigenvalue weighted by Crippen LogP contribution is 2.37. The number of amides is 2. The predicted molar refractivity (Wildman–Crippen MR) is 127 cm³/mol. The summed E-state index contributed by atoms with van der Waals surface area (Å²) < 4.78 is 24.8. The van der Waals surface area contributed by atoms with E-state index in [9.17, 15) is 14.0 Å². The number of benzene rings is 2. The molecule has 4 rings (SSSR count). The lowest BCUT2D eigenvalue weighted by molar-refractivity contribution is -0.160. The quantitative estimate of drug-likeness (QED) is 0.582. The molecule has 7 heteroatoms. The number of ether oxygens (including phenoxy) is 2. The number of piperazine rings is 1. The molecule has 0 radical (unpaired) electrons. The number of halogens is 1. The van der Waals surface area contributed by atoms with E-state index >= 15 is 0 Å². The zero-order valence-electron chi connectivity index (χ0n) is 20.1. The second-order valence-corrected chi connectivity index (χ2v) is 9.39. The summed E-state index contributed by atoms with van der Waals surface area (Å²) in [5.41, 5.74) is 1.44. The van der Waals surface area contributed by atoms with E-state index in [1.165, 1.54) is 18.6 Å². The van der Waals surface area contributed by atoms with Gasteiger partial charge in [0.2, 0.25) is 5.91 Å². The average Bonchev–Trinajstić information content (AvgIpc) is 2.83. The first-order chi connectivity index (χ1) is 16.4. The van der Waals surface area contributed by atoms with Crippen molar-refractivity contribution in [2.75, 3.05) is 13.7 Å². The highest BCUT2D eigenvalue weighted by molar-refractivity contribution is 5.96. The van der Waals surface area contributed by atoms with Crippen molar-refractivity contribution in [3.8, 4) is 11.5 Å². The summed E-state index contributed by atoms with van der Waals surface area (Å²) in [6.45, 7) is 4.17. The first-order valence-electron chi connectivity index (χ1n) is 12.1. The molecule has 2 fully saturated rings. The van der Waals surface area contributed by atoms with Crippen LogP contribution in [0.3, 0.4) is 0 Å². The molecule has 1 saturated heterocycles. The van der Waals surface area contributed by atoms with Gasteiger partial charge in [0.25, 0.3) is 5.91 Å². The van der Waals surface area contributed by atoms with Gasteiger partial charge < -0.3 is 19.3 Å². The number of rotatable bonds is 7. The van der Waals surface area contributed by atoms with Gasteiger partial charge in [0.15, 0.2) is 11.5 Å². The van der Waals surface area contributed by atoms with Crippen molar-refractivity contribution in [3.05, 3.63) is 59.4 Å². The molecular formula is C27H33FN2O4. The van der Waals surface area contributed by atoms with Crippen LogP contribution in [0.4, 0.5) is 4.39 Å². The van der Waals surface area contributed by atoms with Crippen LogP contribution in [0.2, 0.25) is 0 Å². The SMILES string of the molecule is COc1cc([C@H]2C(=O)N(C3CCCCC3)CC(=O)N2Cc2ccc(F)cc2)ccc1OC(C)C. The van der Waals surface area contributed by atoms with E-state index in [4.69, 9.17) is 9.47 Å². The molecule has 2 aromatic carbocycles. The summed E-state index contributed by atoms with van der Waals surface area (Å²) in [7, 11) is 1.56. The molecule has 0 bridgehead atoms. The second kappa shape index (κ2) is 10.5. The van der Waals surface area contributed by atoms with Crippen LogP contribution in [-0.4, -0.2) is 47.4 Å². The molecule has 2 amide bonds. The Morgan fingerprint density at radius 1 is 1.00 bits per heavy atom. The van der Waals surface area contributed by atoms with E-state index in [0.717, 1.165) is 31.2 Å². The van der Waals surface area contributed by atoms with Crippen molar-refractivity contribution < 1.29 is 23.5 Å². The smallest absolute Gasteiger partial charge is 0.250 e. The summed E-state index contributed by atoms with van der Waals surface area (Å²) in [5.74, 6) is 0.581. The van der Waals surface area contributed by atoms with Gasteiger partial charge in [-0.05, 0) is 62.1 Å². The van der Waals surface area contributed by atoms with Crippen molar-refractivity contribution >= 4 is 11.8 Å². The molecule has 0 aromatic heterocycles. The Morgan fingerprint density at radius 2 is 1.71 bits per heavy atom. The summed E-state index contributed by atoms with van der Waals surface area (Å²) >= 11 is 0. The first kappa shape index (κ1) is 24.0. The Bertz CT molecular complexity index is 1020. The zero-order valence-corrected chi connectivity index (χ0v) is 20.1. The molecule has 1 aliphatic heterocycles. The molecule has 1 atom stereocenters. The highest BCUT2D eigenvalue weighted by Gasteiger charge is 2.43. The maximum absolute atomic E-state index is 13.9. The highest BCUT2D eigenvalue weighted by atomic mass is 19.1. The largest absolute Gasteiger partial charge is 0.493 e. The second-order valence-electron chi connectivity index (χ2n) is 9.39. The zero-order chi connectivity index (χ0) is 24.2. The number of carbonyl (C=O) groups is 2. The van der Waals surface area contributed by atoms with E-state index in [1.54, 1.807) is 41.2 Å². The minimum Gasteiger partial charge on any atom is -0.493 e. The third-order valence-electron chi connectivity index (χ3n) is 6.60. The van der Waals surface area contributed by atoms with Crippen LogP contribution in [0.25, 0.3) is 0 Å². The first-order valence-corrected chi connectivity index (χ1v) is 12.1. The maximum Gasteiger partial charge on any atom is 0.250 e. The minimum atomic E-state index is -0.782. The Balaban J connectivity index is 1.71. The monoisotopic (exact) mass is 468 g/mol. The summed E-state index contributed by atoms with van der Waals surface area (Å²) in [6, 6.07) is 10.8.